The number of nitrogens with zero attached hydrogens (tertiary/aromatic N) is 2. The Morgan fingerprint density at radius 1 is 1.17 bits per heavy atom. The lowest BCUT2D eigenvalue weighted by Crippen LogP contribution is -2.23. The third-order valence-corrected chi connectivity index (χ3v) is 4.61. The summed E-state index contributed by atoms with van der Waals surface area (Å²) in [5, 5.41) is 2.70. The Balaban J connectivity index is 1.71. The van der Waals surface area contributed by atoms with E-state index in [1.165, 1.54) is 12.3 Å². The second-order valence-corrected chi connectivity index (χ2v) is 7.17. The fourth-order valence-corrected chi connectivity index (χ4v) is 3.01. The van der Waals surface area contributed by atoms with Gasteiger partial charge >= 0.3 is 0 Å². The molecule has 5 N–H and O–H groups in total. The number of carbonyl (C=O) groups excluding carboxylic acids is 2. The molecule has 1 heterocycles. The molecule has 3 aromatic rings. The lowest BCUT2D eigenvalue weighted by atomic mass is 10.1. The summed E-state index contributed by atoms with van der Waals surface area (Å²) in [6, 6.07) is 11.5. The second-order valence-electron chi connectivity index (χ2n) is 6.26. The third kappa shape index (κ3) is 5.14. The maximum atomic E-state index is 13.9. The standard InChI is InChI=1S/C20H17BrFN5O2/c21-14-5-4-13(16(22)8-14)9-26-20(29)12-3-1-2-11(6-12)7-15-10-25-18(23)17(27-15)19(24)28/h1-6,8,10H,7,9H2,(H2,23,25)(H2,24,28)(H,26,29). The molecule has 0 spiro atoms. The fraction of sp³-hybridized carbons (Fsp3) is 0.100. The van der Waals surface area contributed by atoms with E-state index in [-0.39, 0.29) is 24.0 Å². The summed E-state index contributed by atoms with van der Waals surface area (Å²) in [5.74, 6) is -1.53. The number of hydrogen-bond donors (Lipinski definition) is 3. The summed E-state index contributed by atoms with van der Waals surface area (Å²) in [4.78, 5) is 31.9. The Morgan fingerprint density at radius 3 is 2.69 bits per heavy atom. The first-order valence-corrected chi connectivity index (χ1v) is 9.35. The van der Waals surface area contributed by atoms with Crippen molar-refractivity contribution in [2.75, 3.05) is 5.73 Å². The summed E-state index contributed by atoms with van der Waals surface area (Å²) >= 11 is 3.19. The van der Waals surface area contributed by atoms with Gasteiger partial charge < -0.3 is 16.8 Å². The number of carbonyl (C=O) groups is 2. The molecule has 0 saturated heterocycles. The van der Waals surface area contributed by atoms with Crippen LogP contribution in [-0.2, 0) is 13.0 Å². The quantitative estimate of drug-likeness (QED) is 0.524. The van der Waals surface area contributed by atoms with Crippen LogP contribution in [0.4, 0.5) is 10.2 Å². The molecule has 7 nitrogen and oxygen atoms in total. The normalized spacial score (nSPS) is 10.6. The Bertz CT molecular complexity index is 1090. The van der Waals surface area contributed by atoms with E-state index in [4.69, 9.17) is 11.5 Å². The van der Waals surface area contributed by atoms with Crippen molar-refractivity contribution in [3.8, 4) is 0 Å². The zero-order chi connectivity index (χ0) is 21.0. The van der Waals surface area contributed by atoms with E-state index < -0.39 is 11.7 Å². The van der Waals surface area contributed by atoms with Gasteiger partial charge in [-0.15, -0.1) is 0 Å². The summed E-state index contributed by atoms with van der Waals surface area (Å²) in [5.41, 5.74) is 12.8. The van der Waals surface area contributed by atoms with Gasteiger partial charge in [-0.05, 0) is 29.8 Å². The number of aromatic nitrogens is 2. The molecule has 0 aliphatic carbocycles. The molecule has 0 saturated carbocycles. The second kappa shape index (κ2) is 8.78. The predicted octanol–water partition coefficient (Wildman–Crippen LogP) is 2.58. The molecular formula is C20H17BrFN5O2. The number of anilines is 1. The first kappa shape index (κ1) is 20.4. The number of rotatable bonds is 6. The summed E-state index contributed by atoms with van der Waals surface area (Å²) < 4.78 is 14.5. The van der Waals surface area contributed by atoms with Gasteiger partial charge in [0.1, 0.15) is 5.82 Å². The van der Waals surface area contributed by atoms with Gasteiger partial charge in [0, 0.05) is 28.6 Å². The van der Waals surface area contributed by atoms with Crippen LogP contribution in [-0.4, -0.2) is 21.8 Å². The van der Waals surface area contributed by atoms with Gasteiger partial charge in [0.05, 0.1) is 11.9 Å². The van der Waals surface area contributed by atoms with Crippen LogP contribution in [0.2, 0.25) is 0 Å². The fourth-order valence-electron chi connectivity index (χ4n) is 2.68. The van der Waals surface area contributed by atoms with E-state index in [2.05, 4.69) is 31.2 Å². The smallest absolute Gasteiger partial charge is 0.271 e. The van der Waals surface area contributed by atoms with Crippen LogP contribution in [0.25, 0.3) is 0 Å². The molecule has 2 aromatic carbocycles. The molecule has 3 rings (SSSR count). The van der Waals surface area contributed by atoms with E-state index >= 15 is 0 Å². The molecular weight excluding hydrogens is 441 g/mol. The maximum Gasteiger partial charge on any atom is 0.271 e. The highest BCUT2D eigenvalue weighted by Crippen LogP contribution is 2.16. The molecule has 0 bridgehead atoms. The van der Waals surface area contributed by atoms with Gasteiger partial charge in [0.2, 0.25) is 0 Å². The van der Waals surface area contributed by atoms with Crippen LogP contribution >= 0.6 is 15.9 Å². The number of amides is 2. The van der Waals surface area contributed by atoms with E-state index in [1.807, 2.05) is 6.07 Å². The van der Waals surface area contributed by atoms with E-state index in [0.717, 1.165) is 5.56 Å². The van der Waals surface area contributed by atoms with Crippen molar-refractivity contribution in [2.24, 2.45) is 5.73 Å². The Kier molecular flexibility index (Phi) is 6.18. The highest BCUT2D eigenvalue weighted by Gasteiger charge is 2.12. The molecule has 148 valence electrons. The molecule has 0 radical (unpaired) electrons. The van der Waals surface area contributed by atoms with Crippen LogP contribution in [0.3, 0.4) is 0 Å². The zero-order valence-electron chi connectivity index (χ0n) is 15.2. The lowest BCUT2D eigenvalue weighted by molar-refractivity contribution is 0.0949. The van der Waals surface area contributed by atoms with Crippen LogP contribution in [0.1, 0.15) is 37.7 Å². The van der Waals surface area contributed by atoms with Crippen LogP contribution in [0.15, 0.2) is 53.1 Å². The molecule has 0 aliphatic heterocycles. The van der Waals surface area contributed by atoms with Crippen LogP contribution < -0.4 is 16.8 Å². The van der Waals surface area contributed by atoms with Crippen molar-refractivity contribution in [3.63, 3.8) is 0 Å². The first-order chi connectivity index (χ1) is 13.8. The topological polar surface area (TPSA) is 124 Å². The van der Waals surface area contributed by atoms with Crippen LogP contribution in [0, 0.1) is 5.82 Å². The number of nitrogen functional groups attached to an aromatic ring is 1. The van der Waals surface area contributed by atoms with Crippen molar-refractivity contribution in [1.29, 1.82) is 0 Å². The van der Waals surface area contributed by atoms with Gasteiger partial charge in [-0.1, -0.05) is 34.1 Å². The highest BCUT2D eigenvalue weighted by atomic mass is 79.9. The average Bonchev–Trinajstić information content (AvgIpc) is 2.68. The monoisotopic (exact) mass is 457 g/mol. The molecule has 0 aliphatic rings. The van der Waals surface area contributed by atoms with E-state index in [1.54, 1.807) is 30.3 Å². The molecule has 0 unspecified atom stereocenters. The zero-order valence-corrected chi connectivity index (χ0v) is 16.7. The Hall–Kier alpha value is -3.33. The van der Waals surface area contributed by atoms with Gasteiger partial charge in [-0.25, -0.2) is 14.4 Å². The highest BCUT2D eigenvalue weighted by molar-refractivity contribution is 9.10. The summed E-state index contributed by atoms with van der Waals surface area (Å²) in [6.45, 7) is 0.0631. The van der Waals surface area contributed by atoms with E-state index in [0.29, 0.717) is 27.7 Å². The molecule has 29 heavy (non-hydrogen) atoms. The lowest BCUT2D eigenvalue weighted by Gasteiger charge is -2.09. The predicted molar refractivity (Wildman–Crippen MR) is 109 cm³/mol. The summed E-state index contributed by atoms with van der Waals surface area (Å²) in [6.07, 6.45) is 1.78. The summed E-state index contributed by atoms with van der Waals surface area (Å²) in [7, 11) is 0. The van der Waals surface area contributed by atoms with Gasteiger partial charge in [-0.2, -0.15) is 0 Å². The van der Waals surface area contributed by atoms with Gasteiger partial charge in [0.15, 0.2) is 11.5 Å². The largest absolute Gasteiger partial charge is 0.382 e. The number of nitrogens with one attached hydrogen (secondary N) is 1. The SMILES string of the molecule is NC(=O)c1nc(Cc2cccc(C(=O)NCc3ccc(Br)cc3F)c2)cnc1N. The minimum Gasteiger partial charge on any atom is -0.382 e. The number of halogens is 2. The third-order valence-electron chi connectivity index (χ3n) is 4.11. The maximum absolute atomic E-state index is 13.9. The number of nitrogens with two attached hydrogens (primary N) is 2. The molecule has 1 aromatic heterocycles. The molecule has 2 amide bonds. The molecule has 0 atom stereocenters. The van der Waals surface area contributed by atoms with Crippen LogP contribution in [0.5, 0.6) is 0 Å². The Morgan fingerprint density at radius 2 is 1.97 bits per heavy atom. The molecule has 0 fully saturated rings. The first-order valence-electron chi connectivity index (χ1n) is 8.55. The van der Waals surface area contributed by atoms with Crippen molar-refractivity contribution in [1.82, 2.24) is 15.3 Å². The van der Waals surface area contributed by atoms with E-state index in [9.17, 15) is 14.0 Å². The van der Waals surface area contributed by atoms with Crippen molar-refractivity contribution in [2.45, 2.75) is 13.0 Å². The number of benzene rings is 2. The average molecular weight is 458 g/mol. The minimum atomic E-state index is -0.759. The minimum absolute atomic E-state index is 0.0328. The van der Waals surface area contributed by atoms with Gasteiger partial charge in [-0.3, -0.25) is 9.59 Å². The molecule has 9 heteroatoms. The van der Waals surface area contributed by atoms with Crippen molar-refractivity contribution < 1.29 is 14.0 Å². The Labute approximate surface area is 174 Å². The number of primary amides is 1. The van der Waals surface area contributed by atoms with Gasteiger partial charge in [0.25, 0.3) is 11.8 Å². The van der Waals surface area contributed by atoms with Crippen molar-refractivity contribution in [3.05, 3.63) is 87.0 Å². The van der Waals surface area contributed by atoms with Crippen molar-refractivity contribution >= 4 is 33.6 Å². The number of hydrogen-bond acceptors (Lipinski definition) is 5.